The minimum Gasteiger partial charge on any atom is -0.462 e. The normalized spacial score (nSPS) is 10.7. The van der Waals surface area contributed by atoms with Crippen molar-refractivity contribution in [1.82, 2.24) is 4.90 Å². The summed E-state index contributed by atoms with van der Waals surface area (Å²) in [6, 6.07) is 15.7. The number of carbonyl (C=O) groups excluding carboxylic acids is 1. The molecule has 5 heteroatoms. The van der Waals surface area contributed by atoms with Crippen molar-refractivity contribution in [2.45, 2.75) is 19.9 Å². The number of carbonyl (C=O) groups is 1. The lowest BCUT2D eigenvalue weighted by Gasteiger charge is -2.17. The fourth-order valence-corrected chi connectivity index (χ4v) is 2.64. The van der Waals surface area contributed by atoms with E-state index in [1.165, 1.54) is 5.56 Å². The van der Waals surface area contributed by atoms with Crippen molar-refractivity contribution in [3.05, 3.63) is 59.7 Å². The first kappa shape index (κ1) is 18.8. The average molecular weight is 341 g/mol. The molecule has 0 fully saturated rings. The quantitative estimate of drug-likeness (QED) is 0.416. The van der Waals surface area contributed by atoms with Crippen LogP contribution in [0.5, 0.6) is 0 Å². The van der Waals surface area contributed by atoms with Crippen LogP contribution in [0.1, 0.15) is 29.3 Å². The van der Waals surface area contributed by atoms with Gasteiger partial charge in [-0.05, 0) is 50.7 Å². The van der Waals surface area contributed by atoms with Crippen molar-refractivity contribution in [3.63, 3.8) is 0 Å². The first-order valence-electron chi connectivity index (χ1n) is 8.63. The molecule has 5 nitrogen and oxygen atoms in total. The predicted molar refractivity (Wildman–Crippen MR) is 103 cm³/mol. The number of ether oxygens (including phenoxy) is 1. The molecule has 0 aliphatic carbocycles. The van der Waals surface area contributed by atoms with E-state index in [1.54, 1.807) is 19.1 Å². The summed E-state index contributed by atoms with van der Waals surface area (Å²) in [5.41, 5.74) is 8.89. The molecule has 134 valence electrons. The van der Waals surface area contributed by atoms with Crippen LogP contribution in [-0.4, -0.2) is 37.6 Å². The summed E-state index contributed by atoms with van der Waals surface area (Å²) >= 11 is 0. The average Bonchev–Trinajstić information content (AvgIpc) is 2.60. The molecule has 25 heavy (non-hydrogen) atoms. The van der Waals surface area contributed by atoms with Gasteiger partial charge in [-0.1, -0.05) is 30.3 Å². The molecule has 2 rings (SSSR count). The van der Waals surface area contributed by atoms with Gasteiger partial charge in [0.25, 0.3) is 0 Å². The molecule has 0 bridgehead atoms. The lowest BCUT2D eigenvalue weighted by Crippen LogP contribution is -2.21. The fraction of sp³-hybridized carbons (Fsp3) is 0.350. The SMILES string of the molecule is CCOC(=O)c1cc(N)ccc1NCCCN(C)Cc1ccccc1. The highest BCUT2D eigenvalue weighted by molar-refractivity contribution is 5.96. The third kappa shape index (κ3) is 6.12. The number of nitrogen functional groups attached to an aromatic ring is 1. The minimum atomic E-state index is -0.349. The molecule has 3 N–H and O–H groups in total. The van der Waals surface area contributed by atoms with Crippen LogP contribution < -0.4 is 11.1 Å². The Morgan fingerprint density at radius 1 is 1.20 bits per heavy atom. The van der Waals surface area contributed by atoms with Gasteiger partial charge in [-0.15, -0.1) is 0 Å². The Bertz CT molecular complexity index is 674. The first-order chi connectivity index (χ1) is 12.1. The topological polar surface area (TPSA) is 67.6 Å². The van der Waals surface area contributed by atoms with Crippen molar-refractivity contribution in [2.75, 3.05) is 37.8 Å². The second-order valence-electron chi connectivity index (χ2n) is 6.03. The van der Waals surface area contributed by atoms with Crippen LogP contribution in [0.25, 0.3) is 0 Å². The number of rotatable bonds is 9. The molecule has 0 aromatic heterocycles. The number of benzene rings is 2. The molecule has 0 saturated heterocycles. The lowest BCUT2D eigenvalue weighted by atomic mass is 10.1. The van der Waals surface area contributed by atoms with Gasteiger partial charge in [-0.25, -0.2) is 4.79 Å². The molecule has 0 aliphatic rings. The standard InChI is InChI=1S/C20H27N3O2/c1-3-25-20(24)18-14-17(21)10-11-19(18)22-12-7-13-23(2)15-16-8-5-4-6-9-16/h4-6,8-11,14,22H,3,7,12-13,15,21H2,1-2H3. The Labute approximate surface area is 149 Å². The molecule has 0 radical (unpaired) electrons. The van der Waals surface area contributed by atoms with E-state index in [0.717, 1.165) is 31.7 Å². The van der Waals surface area contributed by atoms with Crippen LogP contribution >= 0.6 is 0 Å². The number of nitrogens with zero attached hydrogens (tertiary/aromatic N) is 1. The molecule has 2 aromatic carbocycles. The number of hydrogen-bond acceptors (Lipinski definition) is 5. The van der Waals surface area contributed by atoms with Gasteiger partial charge in [0.1, 0.15) is 0 Å². The Morgan fingerprint density at radius 2 is 1.96 bits per heavy atom. The second-order valence-corrected chi connectivity index (χ2v) is 6.03. The van der Waals surface area contributed by atoms with Crippen LogP contribution in [-0.2, 0) is 11.3 Å². The van der Waals surface area contributed by atoms with Crippen LogP contribution in [0.15, 0.2) is 48.5 Å². The maximum absolute atomic E-state index is 12.0. The number of anilines is 2. The van der Waals surface area contributed by atoms with Crippen LogP contribution in [0.3, 0.4) is 0 Å². The second kappa shape index (κ2) is 9.69. The molecule has 0 spiro atoms. The van der Waals surface area contributed by atoms with Gasteiger partial charge in [-0.2, -0.15) is 0 Å². The third-order valence-corrected chi connectivity index (χ3v) is 3.87. The highest BCUT2D eigenvalue weighted by atomic mass is 16.5. The zero-order valence-electron chi connectivity index (χ0n) is 15.0. The molecule has 0 aliphatic heterocycles. The van der Waals surface area contributed by atoms with E-state index >= 15 is 0 Å². The fourth-order valence-electron chi connectivity index (χ4n) is 2.64. The number of nitrogens with two attached hydrogens (primary N) is 1. The van der Waals surface area contributed by atoms with E-state index in [0.29, 0.717) is 17.9 Å². The van der Waals surface area contributed by atoms with Crippen molar-refractivity contribution in [3.8, 4) is 0 Å². The Balaban J connectivity index is 1.82. The van der Waals surface area contributed by atoms with Crippen LogP contribution in [0.4, 0.5) is 11.4 Å². The highest BCUT2D eigenvalue weighted by Gasteiger charge is 2.12. The van der Waals surface area contributed by atoms with Crippen molar-refractivity contribution < 1.29 is 9.53 Å². The Kier molecular flexibility index (Phi) is 7.29. The predicted octanol–water partition coefficient (Wildman–Crippen LogP) is 3.38. The van der Waals surface area contributed by atoms with Gasteiger partial charge >= 0.3 is 5.97 Å². The summed E-state index contributed by atoms with van der Waals surface area (Å²) in [5, 5.41) is 3.32. The van der Waals surface area contributed by atoms with Gasteiger partial charge in [0.2, 0.25) is 0 Å². The smallest absolute Gasteiger partial charge is 0.340 e. The highest BCUT2D eigenvalue weighted by Crippen LogP contribution is 2.20. The maximum atomic E-state index is 12.0. The lowest BCUT2D eigenvalue weighted by molar-refractivity contribution is 0.0527. The number of hydrogen-bond donors (Lipinski definition) is 2. The summed E-state index contributed by atoms with van der Waals surface area (Å²) in [4.78, 5) is 14.3. The molecule has 0 atom stereocenters. The molecule has 0 unspecified atom stereocenters. The molecular weight excluding hydrogens is 314 g/mol. The van der Waals surface area contributed by atoms with E-state index in [1.807, 2.05) is 12.1 Å². The number of esters is 1. The zero-order chi connectivity index (χ0) is 18.1. The van der Waals surface area contributed by atoms with Crippen LogP contribution in [0.2, 0.25) is 0 Å². The van der Waals surface area contributed by atoms with Crippen molar-refractivity contribution in [2.24, 2.45) is 0 Å². The zero-order valence-corrected chi connectivity index (χ0v) is 15.0. The van der Waals surface area contributed by atoms with E-state index in [9.17, 15) is 4.79 Å². The molecular formula is C20H27N3O2. The van der Waals surface area contributed by atoms with Gasteiger partial charge in [0, 0.05) is 24.5 Å². The largest absolute Gasteiger partial charge is 0.462 e. The first-order valence-corrected chi connectivity index (χ1v) is 8.63. The molecule has 0 heterocycles. The molecule has 0 saturated carbocycles. The van der Waals surface area contributed by atoms with E-state index in [4.69, 9.17) is 10.5 Å². The van der Waals surface area contributed by atoms with E-state index in [2.05, 4.69) is 41.5 Å². The van der Waals surface area contributed by atoms with Gasteiger partial charge in [-0.3, -0.25) is 0 Å². The maximum Gasteiger partial charge on any atom is 0.340 e. The van der Waals surface area contributed by atoms with Crippen LogP contribution in [0, 0.1) is 0 Å². The molecule has 0 amide bonds. The van der Waals surface area contributed by atoms with Crippen molar-refractivity contribution >= 4 is 17.3 Å². The summed E-state index contributed by atoms with van der Waals surface area (Å²) in [6.45, 7) is 4.80. The third-order valence-electron chi connectivity index (χ3n) is 3.87. The minimum absolute atomic E-state index is 0.345. The summed E-state index contributed by atoms with van der Waals surface area (Å²) in [7, 11) is 2.11. The molecule has 2 aromatic rings. The van der Waals surface area contributed by atoms with Gasteiger partial charge < -0.3 is 20.7 Å². The Hall–Kier alpha value is -2.53. The summed E-state index contributed by atoms with van der Waals surface area (Å²) in [6.07, 6.45) is 0.968. The number of nitrogens with one attached hydrogen (secondary N) is 1. The van der Waals surface area contributed by atoms with E-state index in [-0.39, 0.29) is 5.97 Å². The summed E-state index contributed by atoms with van der Waals surface area (Å²) in [5.74, 6) is -0.349. The van der Waals surface area contributed by atoms with Crippen molar-refractivity contribution in [1.29, 1.82) is 0 Å². The van der Waals surface area contributed by atoms with Gasteiger partial charge in [0.15, 0.2) is 0 Å². The van der Waals surface area contributed by atoms with E-state index < -0.39 is 0 Å². The monoisotopic (exact) mass is 341 g/mol. The summed E-state index contributed by atoms with van der Waals surface area (Å²) < 4.78 is 5.09. The Morgan fingerprint density at radius 3 is 2.68 bits per heavy atom. The van der Waals surface area contributed by atoms with Gasteiger partial charge in [0.05, 0.1) is 12.2 Å².